The lowest BCUT2D eigenvalue weighted by Gasteiger charge is -2.44. The van der Waals surface area contributed by atoms with Crippen LogP contribution in [0, 0.1) is 30.6 Å². The van der Waals surface area contributed by atoms with Gasteiger partial charge in [0.2, 0.25) is 0 Å². The Hall–Kier alpha value is -5.60. The van der Waals surface area contributed by atoms with Crippen LogP contribution in [0.5, 0.6) is 0 Å². The van der Waals surface area contributed by atoms with E-state index in [9.17, 15) is 0 Å². The molecule has 2 saturated carbocycles. The minimum Gasteiger partial charge on any atom is -0.310 e. The van der Waals surface area contributed by atoms with Crippen LogP contribution in [0.2, 0.25) is 0 Å². The number of fused-ring (bicyclic) bond motifs is 6. The van der Waals surface area contributed by atoms with Crippen LogP contribution >= 0.6 is 0 Å². The van der Waals surface area contributed by atoms with E-state index in [1.165, 1.54) is 104 Å². The molecule has 1 heterocycles. The third kappa shape index (κ3) is 6.33. The molecule has 2 bridgehead atoms. The van der Waals surface area contributed by atoms with E-state index in [2.05, 4.69) is 202 Å². The van der Waals surface area contributed by atoms with E-state index in [0.29, 0.717) is 11.8 Å². The maximum Gasteiger partial charge on any atom is 0.0541 e. The molecule has 58 heavy (non-hydrogen) atoms. The smallest absolute Gasteiger partial charge is 0.0541 e. The average molecular weight is 757 g/mol. The molecule has 7 aromatic carbocycles. The van der Waals surface area contributed by atoms with Gasteiger partial charge in [-0.1, -0.05) is 131 Å². The van der Waals surface area contributed by atoms with Crippen LogP contribution in [-0.4, -0.2) is 4.57 Å². The highest BCUT2D eigenvalue weighted by atomic mass is 15.1. The molecule has 2 nitrogen and oxygen atoms in total. The molecule has 0 amide bonds. The summed E-state index contributed by atoms with van der Waals surface area (Å²) in [6, 6.07) is 59.0. The molecule has 2 unspecified atom stereocenters. The number of para-hydroxylation sites is 2. The van der Waals surface area contributed by atoms with Gasteiger partial charge in [0.15, 0.2) is 0 Å². The van der Waals surface area contributed by atoms with Gasteiger partial charge in [-0.3, -0.25) is 0 Å². The summed E-state index contributed by atoms with van der Waals surface area (Å²) in [6.07, 6.45) is 6.96. The van der Waals surface area contributed by atoms with Gasteiger partial charge in [-0.15, -0.1) is 0 Å². The van der Waals surface area contributed by atoms with Crippen molar-refractivity contribution in [3.63, 3.8) is 0 Å². The first kappa shape index (κ1) is 36.7. The van der Waals surface area contributed by atoms with Crippen LogP contribution in [0.3, 0.4) is 0 Å². The largest absolute Gasteiger partial charge is 0.310 e. The number of anilines is 3. The second-order valence-electron chi connectivity index (χ2n) is 18.5. The summed E-state index contributed by atoms with van der Waals surface area (Å²) in [4.78, 5) is 2.52. The maximum atomic E-state index is 2.59. The molecule has 2 aliphatic carbocycles. The van der Waals surface area contributed by atoms with E-state index < -0.39 is 0 Å². The van der Waals surface area contributed by atoms with Crippen molar-refractivity contribution < 1.29 is 0 Å². The van der Waals surface area contributed by atoms with E-state index in [0.717, 1.165) is 23.4 Å². The van der Waals surface area contributed by atoms with Crippen molar-refractivity contribution in [3.8, 4) is 5.69 Å². The van der Waals surface area contributed by atoms with E-state index in [1.54, 1.807) is 0 Å². The van der Waals surface area contributed by atoms with E-state index >= 15 is 0 Å². The zero-order valence-corrected chi connectivity index (χ0v) is 34.8. The zero-order chi connectivity index (χ0) is 39.5. The fourth-order valence-corrected chi connectivity index (χ4v) is 11.7. The Balaban J connectivity index is 1.14. The van der Waals surface area contributed by atoms with Gasteiger partial charge in [-0.2, -0.15) is 0 Å². The predicted molar refractivity (Wildman–Crippen MR) is 247 cm³/mol. The van der Waals surface area contributed by atoms with Gasteiger partial charge in [-0.05, 0) is 151 Å². The molecule has 290 valence electrons. The number of nitrogens with zero attached hydrogens (tertiary/aromatic N) is 2. The second kappa shape index (κ2) is 14.7. The lowest BCUT2D eigenvalue weighted by Crippen LogP contribution is -2.33. The topological polar surface area (TPSA) is 8.17 Å². The molecule has 0 radical (unpaired) electrons. The summed E-state index contributed by atoms with van der Waals surface area (Å²) < 4.78 is 2.42. The highest BCUT2D eigenvalue weighted by Crippen LogP contribution is 2.51. The molecular weight excluding hydrogens is 701 g/mol. The SMILES string of the molecule is Cc1ccccc1C(C)(C)c1ccc(N(c2ccc(-n3c4ccccc4c4ccccc43)cc2)c2cccc3ccccc23)cc1[C@@H](C)C1C[C@H]2CC(C)C[C@@H](C1)C2. The van der Waals surface area contributed by atoms with Gasteiger partial charge in [0.05, 0.1) is 16.7 Å². The normalized spacial score (nSPS) is 20.1. The van der Waals surface area contributed by atoms with Gasteiger partial charge in [0.25, 0.3) is 0 Å². The first-order chi connectivity index (χ1) is 28.2. The lowest BCUT2D eigenvalue weighted by molar-refractivity contribution is 0.0935. The Bertz CT molecular complexity index is 2690. The molecule has 2 aliphatic rings. The Morgan fingerprint density at radius 2 is 1.16 bits per heavy atom. The Kier molecular flexibility index (Phi) is 9.28. The Morgan fingerprint density at radius 1 is 0.569 bits per heavy atom. The van der Waals surface area contributed by atoms with Crippen molar-refractivity contribution in [1.82, 2.24) is 4.57 Å². The summed E-state index contributed by atoms with van der Waals surface area (Å²) in [5.41, 5.74) is 12.8. The molecule has 5 atom stereocenters. The summed E-state index contributed by atoms with van der Waals surface area (Å²) in [5.74, 6) is 3.74. The number of rotatable bonds is 8. The average Bonchev–Trinajstić information content (AvgIpc) is 3.58. The minimum atomic E-state index is -0.152. The second-order valence-corrected chi connectivity index (χ2v) is 18.5. The maximum absolute atomic E-state index is 2.59. The predicted octanol–water partition coefficient (Wildman–Crippen LogP) is 15.6. The summed E-state index contributed by atoms with van der Waals surface area (Å²) >= 11 is 0. The van der Waals surface area contributed by atoms with Gasteiger partial charge < -0.3 is 9.47 Å². The monoisotopic (exact) mass is 756 g/mol. The van der Waals surface area contributed by atoms with E-state index in [-0.39, 0.29) is 5.41 Å². The highest BCUT2D eigenvalue weighted by molar-refractivity contribution is 6.09. The van der Waals surface area contributed by atoms with Crippen molar-refractivity contribution in [1.29, 1.82) is 0 Å². The summed E-state index contributed by atoms with van der Waals surface area (Å²) in [5, 5.41) is 5.07. The van der Waals surface area contributed by atoms with Crippen molar-refractivity contribution in [2.75, 3.05) is 4.90 Å². The Labute approximate surface area is 345 Å². The number of hydrogen-bond acceptors (Lipinski definition) is 1. The van der Waals surface area contributed by atoms with Crippen LogP contribution in [0.1, 0.15) is 88.0 Å². The standard InChI is InChI=1S/C56H56N2/c1-37-31-40-33-41(32-37)35-43(34-40)39(3)50-36-46(29-30-52(50)56(4,5)51-21-11-6-15-38(51)2)57(53-24-14-17-42-16-7-8-18-47(42)53)44-25-27-45(28-26-44)58-54-22-12-9-19-48(54)49-20-10-13-23-55(49)58/h6-30,36-37,39-41,43H,31-35H2,1-5H3/t37?,39-,40-,41+,43?/m0/s1. The fraction of sp³-hybridized carbons (Fsp3) is 0.286. The molecule has 0 spiro atoms. The van der Waals surface area contributed by atoms with Gasteiger partial charge >= 0.3 is 0 Å². The number of hydrogen-bond donors (Lipinski definition) is 0. The minimum absolute atomic E-state index is 0.152. The van der Waals surface area contributed by atoms with Crippen LogP contribution in [-0.2, 0) is 5.41 Å². The molecule has 1 aromatic heterocycles. The first-order valence-corrected chi connectivity index (χ1v) is 21.8. The van der Waals surface area contributed by atoms with Crippen molar-refractivity contribution in [2.24, 2.45) is 23.7 Å². The van der Waals surface area contributed by atoms with Crippen molar-refractivity contribution in [2.45, 2.75) is 78.1 Å². The van der Waals surface area contributed by atoms with Crippen molar-refractivity contribution in [3.05, 3.63) is 180 Å². The molecule has 0 aliphatic heterocycles. The molecule has 0 saturated heterocycles. The quantitative estimate of drug-likeness (QED) is 0.150. The molecule has 2 fully saturated rings. The van der Waals surface area contributed by atoms with E-state index in [4.69, 9.17) is 0 Å². The lowest BCUT2D eigenvalue weighted by atomic mass is 9.61. The summed E-state index contributed by atoms with van der Waals surface area (Å²) in [6.45, 7) is 12.2. The third-order valence-corrected chi connectivity index (χ3v) is 14.3. The first-order valence-electron chi connectivity index (χ1n) is 21.8. The third-order valence-electron chi connectivity index (χ3n) is 14.3. The van der Waals surface area contributed by atoms with E-state index in [1.807, 2.05) is 0 Å². The van der Waals surface area contributed by atoms with Gasteiger partial charge in [0, 0.05) is 38.6 Å². The molecule has 2 heteroatoms. The zero-order valence-electron chi connectivity index (χ0n) is 34.8. The van der Waals surface area contributed by atoms with Crippen LogP contribution < -0.4 is 4.90 Å². The van der Waals surface area contributed by atoms with Gasteiger partial charge in [0.1, 0.15) is 0 Å². The number of aryl methyl sites for hydroxylation is 1. The highest BCUT2D eigenvalue weighted by Gasteiger charge is 2.39. The van der Waals surface area contributed by atoms with Crippen LogP contribution in [0.25, 0.3) is 38.3 Å². The summed E-state index contributed by atoms with van der Waals surface area (Å²) in [7, 11) is 0. The molecule has 10 rings (SSSR count). The number of benzene rings is 7. The molecular formula is C56H56N2. The Morgan fingerprint density at radius 3 is 1.84 bits per heavy atom. The van der Waals surface area contributed by atoms with Crippen molar-refractivity contribution >= 4 is 49.6 Å². The van der Waals surface area contributed by atoms with Crippen LogP contribution in [0.15, 0.2) is 158 Å². The molecule has 0 N–H and O–H groups in total. The van der Waals surface area contributed by atoms with Gasteiger partial charge in [-0.25, -0.2) is 0 Å². The fourth-order valence-electron chi connectivity index (χ4n) is 11.7. The number of aromatic nitrogens is 1. The van der Waals surface area contributed by atoms with Crippen LogP contribution in [0.4, 0.5) is 17.1 Å². The molecule has 8 aromatic rings.